The average molecular weight is 178 g/mol. The van der Waals surface area contributed by atoms with Gasteiger partial charge in [-0.2, -0.15) is 0 Å². The molecular formula is C12H18O. The molecule has 1 heteroatoms. The number of benzene rings is 1. The number of hydrogen-bond acceptors (Lipinski definition) is 1. The molecule has 0 aliphatic rings. The van der Waals surface area contributed by atoms with Crippen molar-refractivity contribution in [3.63, 3.8) is 0 Å². The molecule has 1 nitrogen and oxygen atoms in total. The Kier molecular flexibility index (Phi) is 2.97. The van der Waals surface area contributed by atoms with Crippen LogP contribution < -0.4 is 4.74 Å². The molecule has 0 N–H and O–H groups in total. The molecule has 0 heterocycles. The van der Waals surface area contributed by atoms with Crippen LogP contribution in [0.4, 0.5) is 0 Å². The molecule has 1 aromatic carbocycles. The number of aryl methyl sites for hydroxylation is 1. The monoisotopic (exact) mass is 178 g/mol. The van der Waals surface area contributed by atoms with Crippen LogP contribution in [0.5, 0.6) is 5.75 Å². The maximum atomic E-state index is 5.81. The predicted octanol–water partition coefficient (Wildman–Crippen LogP) is 3.56. The van der Waals surface area contributed by atoms with E-state index in [1.807, 2.05) is 12.1 Å². The first-order valence-electron chi connectivity index (χ1n) is 4.79. The third-order valence-electron chi connectivity index (χ3n) is 2.27. The minimum absolute atomic E-state index is 0.0603. The van der Waals surface area contributed by atoms with Crippen LogP contribution in [0.25, 0.3) is 0 Å². The van der Waals surface area contributed by atoms with Gasteiger partial charge in [-0.3, -0.25) is 0 Å². The van der Waals surface area contributed by atoms with Gasteiger partial charge in [-0.25, -0.2) is 0 Å². The summed E-state index contributed by atoms with van der Waals surface area (Å²) in [6, 6.07) is 8.18. The van der Waals surface area contributed by atoms with Gasteiger partial charge in [0.15, 0.2) is 0 Å². The molecule has 1 aromatic rings. The molecule has 0 amide bonds. The Labute approximate surface area is 80.7 Å². The van der Waals surface area contributed by atoms with Gasteiger partial charge in [0.25, 0.3) is 0 Å². The van der Waals surface area contributed by atoms with Crippen LogP contribution in [0, 0.1) is 6.92 Å². The quantitative estimate of drug-likeness (QED) is 0.687. The standard InChI is InChI=1S/C12H18O/c1-5-12(3,4)13-11-8-6-10(2)7-9-11/h6-9H,5H2,1-4H3. The summed E-state index contributed by atoms with van der Waals surface area (Å²) in [5, 5.41) is 0. The van der Waals surface area contributed by atoms with Gasteiger partial charge in [0, 0.05) is 0 Å². The molecule has 0 aliphatic carbocycles. The molecule has 0 saturated heterocycles. The molecule has 0 aromatic heterocycles. The molecule has 0 radical (unpaired) electrons. The fourth-order valence-corrected chi connectivity index (χ4v) is 0.998. The van der Waals surface area contributed by atoms with Crippen LogP contribution >= 0.6 is 0 Å². The van der Waals surface area contributed by atoms with Crippen LogP contribution in [0.15, 0.2) is 24.3 Å². The van der Waals surface area contributed by atoms with E-state index in [4.69, 9.17) is 4.74 Å². The highest BCUT2D eigenvalue weighted by molar-refractivity contribution is 5.26. The topological polar surface area (TPSA) is 9.23 Å². The van der Waals surface area contributed by atoms with E-state index in [1.54, 1.807) is 0 Å². The summed E-state index contributed by atoms with van der Waals surface area (Å²) in [5.74, 6) is 0.956. The third kappa shape index (κ3) is 3.10. The molecule has 0 atom stereocenters. The minimum Gasteiger partial charge on any atom is -0.488 e. The lowest BCUT2D eigenvalue weighted by molar-refractivity contribution is 0.105. The van der Waals surface area contributed by atoms with E-state index < -0.39 is 0 Å². The van der Waals surface area contributed by atoms with Crippen LogP contribution in [0.2, 0.25) is 0 Å². The van der Waals surface area contributed by atoms with Crippen LogP contribution in [0.3, 0.4) is 0 Å². The second-order valence-electron chi connectivity index (χ2n) is 4.03. The molecule has 0 saturated carbocycles. The van der Waals surface area contributed by atoms with Crippen LogP contribution in [-0.4, -0.2) is 5.60 Å². The van der Waals surface area contributed by atoms with Gasteiger partial charge in [0.05, 0.1) is 0 Å². The Morgan fingerprint density at radius 2 is 1.69 bits per heavy atom. The zero-order valence-electron chi connectivity index (χ0n) is 8.92. The molecule has 72 valence electrons. The van der Waals surface area contributed by atoms with E-state index in [2.05, 4.69) is 39.8 Å². The molecule has 13 heavy (non-hydrogen) atoms. The maximum Gasteiger partial charge on any atom is 0.120 e. The number of hydrogen-bond donors (Lipinski definition) is 0. The highest BCUT2D eigenvalue weighted by Gasteiger charge is 2.16. The fourth-order valence-electron chi connectivity index (χ4n) is 0.998. The lowest BCUT2D eigenvalue weighted by Crippen LogP contribution is -2.26. The summed E-state index contributed by atoms with van der Waals surface area (Å²) >= 11 is 0. The smallest absolute Gasteiger partial charge is 0.120 e. The Morgan fingerprint density at radius 3 is 2.15 bits per heavy atom. The van der Waals surface area contributed by atoms with E-state index in [0.717, 1.165) is 12.2 Å². The summed E-state index contributed by atoms with van der Waals surface area (Å²) in [6.45, 7) is 8.42. The average Bonchev–Trinajstić information content (AvgIpc) is 2.09. The number of ether oxygens (including phenoxy) is 1. The first-order chi connectivity index (χ1) is 6.03. The molecule has 0 spiro atoms. The lowest BCUT2D eigenvalue weighted by Gasteiger charge is -2.24. The summed E-state index contributed by atoms with van der Waals surface area (Å²) in [7, 11) is 0. The van der Waals surface area contributed by atoms with Gasteiger partial charge in [0.2, 0.25) is 0 Å². The minimum atomic E-state index is -0.0603. The van der Waals surface area contributed by atoms with Crippen molar-refractivity contribution in [2.24, 2.45) is 0 Å². The first-order valence-corrected chi connectivity index (χ1v) is 4.79. The van der Waals surface area contributed by atoms with Gasteiger partial charge >= 0.3 is 0 Å². The summed E-state index contributed by atoms with van der Waals surface area (Å²) in [6.07, 6.45) is 1.01. The van der Waals surface area contributed by atoms with Gasteiger partial charge in [-0.1, -0.05) is 24.6 Å². The van der Waals surface area contributed by atoms with Gasteiger partial charge in [-0.05, 0) is 39.3 Å². The van der Waals surface area contributed by atoms with Crippen molar-refractivity contribution in [2.75, 3.05) is 0 Å². The van der Waals surface area contributed by atoms with Crippen LogP contribution in [-0.2, 0) is 0 Å². The summed E-state index contributed by atoms with van der Waals surface area (Å²) < 4.78 is 5.81. The molecule has 0 bridgehead atoms. The normalized spacial score (nSPS) is 11.4. The zero-order valence-corrected chi connectivity index (χ0v) is 8.92. The molecular weight excluding hydrogens is 160 g/mol. The highest BCUT2D eigenvalue weighted by Crippen LogP contribution is 2.20. The van der Waals surface area contributed by atoms with E-state index >= 15 is 0 Å². The van der Waals surface area contributed by atoms with E-state index in [1.165, 1.54) is 5.56 Å². The third-order valence-corrected chi connectivity index (χ3v) is 2.27. The lowest BCUT2D eigenvalue weighted by atomic mass is 10.1. The second-order valence-corrected chi connectivity index (χ2v) is 4.03. The van der Waals surface area contributed by atoms with Crippen molar-refractivity contribution >= 4 is 0 Å². The Morgan fingerprint density at radius 1 is 1.15 bits per heavy atom. The van der Waals surface area contributed by atoms with E-state index in [-0.39, 0.29) is 5.60 Å². The summed E-state index contributed by atoms with van der Waals surface area (Å²) in [4.78, 5) is 0. The van der Waals surface area contributed by atoms with Crippen molar-refractivity contribution < 1.29 is 4.74 Å². The maximum absolute atomic E-state index is 5.81. The second kappa shape index (κ2) is 3.82. The zero-order chi connectivity index (χ0) is 9.90. The molecule has 0 aliphatic heterocycles. The van der Waals surface area contributed by atoms with Crippen molar-refractivity contribution in [3.05, 3.63) is 29.8 Å². The Bertz CT molecular complexity index is 259. The Balaban J connectivity index is 2.69. The predicted molar refractivity (Wildman–Crippen MR) is 56.2 cm³/mol. The number of rotatable bonds is 3. The highest BCUT2D eigenvalue weighted by atomic mass is 16.5. The van der Waals surface area contributed by atoms with Crippen molar-refractivity contribution in [1.29, 1.82) is 0 Å². The van der Waals surface area contributed by atoms with Gasteiger partial charge in [0.1, 0.15) is 11.4 Å². The van der Waals surface area contributed by atoms with Crippen molar-refractivity contribution in [2.45, 2.75) is 39.7 Å². The van der Waals surface area contributed by atoms with Crippen LogP contribution in [0.1, 0.15) is 32.8 Å². The largest absolute Gasteiger partial charge is 0.488 e. The summed E-state index contributed by atoms with van der Waals surface area (Å²) in [5.41, 5.74) is 1.21. The van der Waals surface area contributed by atoms with Crippen molar-refractivity contribution in [1.82, 2.24) is 0 Å². The molecule has 1 rings (SSSR count). The SMILES string of the molecule is CCC(C)(C)Oc1ccc(C)cc1. The van der Waals surface area contributed by atoms with E-state index in [9.17, 15) is 0 Å². The fraction of sp³-hybridized carbons (Fsp3) is 0.500. The Hall–Kier alpha value is -0.980. The van der Waals surface area contributed by atoms with Crippen molar-refractivity contribution in [3.8, 4) is 5.75 Å². The van der Waals surface area contributed by atoms with E-state index in [0.29, 0.717) is 0 Å². The molecule has 0 fully saturated rings. The van der Waals surface area contributed by atoms with Gasteiger partial charge < -0.3 is 4.74 Å². The first kappa shape index (κ1) is 10.1. The van der Waals surface area contributed by atoms with Gasteiger partial charge in [-0.15, -0.1) is 0 Å². The molecule has 0 unspecified atom stereocenters.